The fourth-order valence-electron chi connectivity index (χ4n) is 1.49. The lowest BCUT2D eigenvalue weighted by atomic mass is 10.0. The molecule has 0 aliphatic rings. The minimum atomic E-state index is 0.781. The van der Waals surface area contributed by atoms with Crippen molar-refractivity contribution in [2.75, 3.05) is 0 Å². The Morgan fingerprint density at radius 1 is 1.07 bits per heavy atom. The molecule has 0 aliphatic heterocycles. The summed E-state index contributed by atoms with van der Waals surface area (Å²) in [6.45, 7) is 4.20. The zero-order valence-electron chi connectivity index (χ0n) is 8.78. The van der Waals surface area contributed by atoms with Crippen molar-refractivity contribution in [3.8, 4) is 11.1 Å². The van der Waals surface area contributed by atoms with Crippen molar-refractivity contribution in [1.82, 2.24) is 0 Å². The lowest BCUT2D eigenvalue weighted by Gasteiger charge is -2.02. The van der Waals surface area contributed by atoms with E-state index in [9.17, 15) is 4.79 Å². The number of carbonyl (C=O) groups is 1. The predicted molar refractivity (Wildman–Crippen MR) is 64.6 cm³/mol. The van der Waals surface area contributed by atoms with Gasteiger partial charge in [-0.3, -0.25) is 4.79 Å². The van der Waals surface area contributed by atoms with E-state index in [0.717, 1.165) is 16.7 Å². The Kier molecular flexibility index (Phi) is 2.69. The van der Waals surface area contributed by atoms with Crippen LogP contribution >= 0.6 is 11.3 Å². The molecule has 0 radical (unpaired) electrons. The Balaban J connectivity index is 2.44. The van der Waals surface area contributed by atoms with Gasteiger partial charge in [0.25, 0.3) is 0 Å². The van der Waals surface area contributed by atoms with Gasteiger partial charge in [-0.25, -0.2) is 0 Å². The molecule has 1 heterocycles. The topological polar surface area (TPSA) is 17.1 Å². The zero-order chi connectivity index (χ0) is 10.8. The average molecular weight is 216 g/mol. The van der Waals surface area contributed by atoms with E-state index in [2.05, 4.69) is 32.0 Å². The molecule has 0 spiro atoms. The van der Waals surface area contributed by atoms with Crippen molar-refractivity contribution in [3.63, 3.8) is 0 Å². The van der Waals surface area contributed by atoms with Gasteiger partial charge < -0.3 is 0 Å². The first-order valence-electron chi connectivity index (χ1n) is 4.82. The average Bonchev–Trinajstić information content (AvgIpc) is 2.70. The molecule has 76 valence electrons. The number of hydrogen-bond donors (Lipinski definition) is 0. The smallest absolute Gasteiger partial charge is 0.160 e. The fraction of sp³-hybridized carbons (Fsp3) is 0.154. The Labute approximate surface area is 93.4 Å². The van der Waals surface area contributed by atoms with E-state index in [1.54, 1.807) is 0 Å². The van der Waals surface area contributed by atoms with Crippen molar-refractivity contribution in [1.29, 1.82) is 0 Å². The molecule has 0 unspecified atom stereocenters. The van der Waals surface area contributed by atoms with Crippen molar-refractivity contribution < 1.29 is 4.79 Å². The molecular weight excluding hydrogens is 204 g/mol. The van der Waals surface area contributed by atoms with Gasteiger partial charge in [-0.05, 0) is 47.5 Å². The highest BCUT2D eigenvalue weighted by Gasteiger charge is 2.02. The zero-order valence-corrected chi connectivity index (χ0v) is 9.60. The van der Waals surface area contributed by atoms with Gasteiger partial charge in [0, 0.05) is 0 Å². The number of rotatable bonds is 2. The van der Waals surface area contributed by atoms with Gasteiger partial charge in [-0.15, -0.1) is 11.3 Å². The first-order chi connectivity index (χ1) is 7.20. The summed E-state index contributed by atoms with van der Waals surface area (Å²) in [4.78, 5) is 11.4. The van der Waals surface area contributed by atoms with Gasteiger partial charge in [0.05, 0.1) is 4.88 Å². The summed E-state index contributed by atoms with van der Waals surface area (Å²) in [6.07, 6.45) is 0.898. The Morgan fingerprint density at radius 2 is 1.87 bits per heavy atom. The minimum Gasteiger partial charge on any atom is -0.297 e. The van der Waals surface area contributed by atoms with Crippen LogP contribution in [0.15, 0.2) is 29.6 Å². The van der Waals surface area contributed by atoms with Crippen LogP contribution in [0.1, 0.15) is 20.8 Å². The van der Waals surface area contributed by atoms with Crippen LogP contribution in [0, 0.1) is 13.8 Å². The van der Waals surface area contributed by atoms with Crippen LogP contribution in [0.4, 0.5) is 0 Å². The SMILES string of the molecule is Cc1ccc(-c2csc(C=O)c2)cc1C. The molecule has 0 saturated carbocycles. The highest BCUT2D eigenvalue weighted by Crippen LogP contribution is 2.26. The largest absolute Gasteiger partial charge is 0.297 e. The van der Waals surface area contributed by atoms with Crippen LogP contribution in [0.2, 0.25) is 0 Å². The Morgan fingerprint density at radius 3 is 2.47 bits per heavy atom. The van der Waals surface area contributed by atoms with Gasteiger partial charge in [0.2, 0.25) is 0 Å². The molecule has 0 atom stereocenters. The molecule has 1 aromatic carbocycles. The quantitative estimate of drug-likeness (QED) is 0.697. The first kappa shape index (κ1) is 10.1. The molecular formula is C13H12OS. The van der Waals surface area contributed by atoms with Gasteiger partial charge >= 0.3 is 0 Å². The summed E-state index contributed by atoms with van der Waals surface area (Å²) in [5.41, 5.74) is 4.89. The molecule has 0 saturated heterocycles. The van der Waals surface area contributed by atoms with Gasteiger partial charge in [-0.1, -0.05) is 18.2 Å². The minimum absolute atomic E-state index is 0.781. The predicted octanol–water partition coefficient (Wildman–Crippen LogP) is 3.84. The van der Waals surface area contributed by atoms with Crippen LogP contribution in [0.3, 0.4) is 0 Å². The lowest BCUT2D eigenvalue weighted by molar-refractivity contribution is 0.112. The van der Waals surface area contributed by atoms with Crippen LogP contribution in [0.5, 0.6) is 0 Å². The van der Waals surface area contributed by atoms with Gasteiger partial charge in [0.1, 0.15) is 0 Å². The van der Waals surface area contributed by atoms with E-state index in [-0.39, 0.29) is 0 Å². The van der Waals surface area contributed by atoms with E-state index < -0.39 is 0 Å². The van der Waals surface area contributed by atoms with E-state index in [4.69, 9.17) is 0 Å². The molecule has 0 fully saturated rings. The maximum Gasteiger partial charge on any atom is 0.160 e. The third-order valence-electron chi connectivity index (χ3n) is 2.58. The molecule has 1 nitrogen and oxygen atoms in total. The highest BCUT2D eigenvalue weighted by molar-refractivity contribution is 7.12. The number of aryl methyl sites for hydroxylation is 2. The molecule has 15 heavy (non-hydrogen) atoms. The molecule has 0 bridgehead atoms. The molecule has 0 aliphatic carbocycles. The van der Waals surface area contributed by atoms with Crippen molar-refractivity contribution in [3.05, 3.63) is 45.6 Å². The third-order valence-corrected chi connectivity index (χ3v) is 3.43. The first-order valence-corrected chi connectivity index (χ1v) is 5.70. The number of hydrogen-bond acceptors (Lipinski definition) is 2. The van der Waals surface area contributed by atoms with Crippen LogP contribution in [-0.2, 0) is 0 Å². The number of thiophene rings is 1. The second kappa shape index (κ2) is 3.99. The third kappa shape index (κ3) is 2.00. The lowest BCUT2D eigenvalue weighted by Crippen LogP contribution is -1.81. The molecule has 0 N–H and O–H groups in total. The van der Waals surface area contributed by atoms with Crippen molar-refractivity contribution in [2.24, 2.45) is 0 Å². The maximum absolute atomic E-state index is 10.6. The number of aldehydes is 1. The van der Waals surface area contributed by atoms with Crippen LogP contribution in [-0.4, -0.2) is 6.29 Å². The second-order valence-electron chi connectivity index (χ2n) is 3.65. The Bertz CT molecular complexity index is 497. The molecule has 2 heteroatoms. The number of benzene rings is 1. The van der Waals surface area contributed by atoms with Crippen LogP contribution in [0.25, 0.3) is 11.1 Å². The van der Waals surface area contributed by atoms with E-state index >= 15 is 0 Å². The Hall–Kier alpha value is -1.41. The molecule has 2 aromatic rings. The normalized spacial score (nSPS) is 10.3. The summed E-state index contributed by atoms with van der Waals surface area (Å²) in [5.74, 6) is 0. The van der Waals surface area contributed by atoms with Gasteiger partial charge in [-0.2, -0.15) is 0 Å². The summed E-state index contributed by atoms with van der Waals surface area (Å²) >= 11 is 1.49. The van der Waals surface area contributed by atoms with E-state index in [1.165, 1.54) is 28.0 Å². The fourth-order valence-corrected chi connectivity index (χ4v) is 2.20. The summed E-state index contributed by atoms with van der Waals surface area (Å²) in [5, 5.41) is 2.02. The number of carbonyl (C=O) groups excluding carboxylic acids is 1. The molecule has 1 aromatic heterocycles. The standard InChI is InChI=1S/C13H12OS/c1-9-3-4-11(5-10(9)2)12-6-13(7-14)15-8-12/h3-8H,1-2H3. The summed E-state index contributed by atoms with van der Waals surface area (Å²) in [6, 6.07) is 8.30. The highest BCUT2D eigenvalue weighted by atomic mass is 32.1. The van der Waals surface area contributed by atoms with Crippen LogP contribution < -0.4 is 0 Å². The van der Waals surface area contributed by atoms with Gasteiger partial charge in [0.15, 0.2) is 6.29 Å². The monoisotopic (exact) mass is 216 g/mol. The van der Waals surface area contributed by atoms with Crippen molar-refractivity contribution in [2.45, 2.75) is 13.8 Å². The summed E-state index contributed by atoms with van der Waals surface area (Å²) in [7, 11) is 0. The molecule has 2 rings (SSSR count). The molecule has 0 amide bonds. The van der Waals surface area contributed by atoms with E-state index in [0.29, 0.717) is 0 Å². The second-order valence-corrected chi connectivity index (χ2v) is 4.60. The maximum atomic E-state index is 10.6. The summed E-state index contributed by atoms with van der Waals surface area (Å²) < 4.78 is 0. The van der Waals surface area contributed by atoms with E-state index in [1.807, 2.05) is 11.4 Å². The van der Waals surface area contributed by atoms with Crippen molar-refractivity contribution >= 4 is 17.6 Å².